The number of rotatable bonds is 2. The fourth-order valence-corrected chi connectivity index (χ4v) is 1.39. The highest BCUT2D eigenvalue weighted by atomic mass is 15.1. The van der Waals surface area contributed by atoms with Crippen LogP contribution in [0.1, 0.15) is 12.5 Å². The van der Waals surface area contributed by atoms with Crippen molar-refractivity contribution in [3.05, 3.63) is 35.9 Å². The van der Waals surface area contributed by atoms with Crippen LogP contribution in [0.3, 0.4) is 0 Å². The maximum atomic E-state index is 3.38. The Bertz CT molecular complexity index is 230. The van der Waals surface area contributed by atoms with Crippen molar-refractivity contribution in [1.82, 2.24) is 5.32 Å². The van der Waals surface area contributed by atoms with Crippen LogP contribution in [0.4, 0.5) is 0 Å². The summed E-state index contributed by atoms with van der Waals surface area (Å²) in [6, 6.07) is 12.1. The monoisotopic (exact) mass is 147 g/mol. The van der Waals surface area contributed by atoms with Gasteiger partial charge in [0, 0.05) is 12.1 Å². The van der Waals surface area contributed by atoms with Crippen LogP contribution in [0.15, 0.2) is 30.3 Å². The molecule has 0 amide bonds. The molecule has 1 aliphatic heterocycles. The Morgan fingerprint density at radius 3 is 2.45 bits per heavy atom. The Morgan fingerprint density at radius 2 is 1.91 bits per heavy atom. The van der Waals surface area contributed by atoms with E-state index in [9.17, 15) is 0 Å². The normalized spacial score (nSPS) is 28.5. The van der Waals surface area contributed by atoms with Crippen LogP contribution in [0.25, 0.3) is 0 Å². The van der Waals surface area contributed by atoms with E-state index >= 15 is 0 Å². The third-order valence-corrected chi connectivity index (χ3v) is 2.27. The average molecular weight is 147 g/mol. The van der Waals surface area contributed by atoms with Crippen molar-refractivity contribution >= 4 is 0 Å². The molecule has 1 saturated heterocycles. The van der Waals surface area contributed by atoms with Crippen molar-refractivity contribution in [3.8, 4) is 0 Å². The summed E-state index contributed by atoms with van der Waals surface area (Å²) < 4.78 is 0. The molecule has 2 atom stereocenters. The lowest BCUT2D eigenvalue weighted by Crippen LogP contribution is -1.96. The van der Waals surface area contributed by atoms with Crippen LogP contribution < -0.4 is 5.32 Å². The van der Waals surface area contributed by atoms with E-state index in [1.807, 2.05) is 0 Å². The molecule has 1 aromatic rings. The van der Waals surface area contributed by atoms with Gasteiger partial charge in [0.05, 0.1) is 0 Å². The van der Waals surface area contributed by atoms with E-state index < -0.39 is 0 Å². The molecule has 1 heterocycles. The molecular weight excluding hydrogens is 134 g/mol. The summed E-state index contributed by atoms with van der Waals surface area (Å²) in [4.78, 5) is 0. The van der Waals surface area contributed by atoms with Crippen molar-refractivity contribution in [3.63, 3.8) is 0 Å². The summed E-state index contributed by atoms with van der Waals surface area (Å²) in [5.74, 6) is 0. The molecule has 0 saturated carbocycles. The summed E-state index contributed by atoms with van der Waals surface area (Å²) >= 11 is 0. The smallest absolute Gasteiger partial charge is 0.0262 e. The van der Waals surface area contributed by atoms with Crippen LogP contribution in [0.2, 0.25) is 0 Å². The van der Waals surface area contributed by atoms with E-state index in [4.69, 9.17) is 0 Å². The SMILES string of the molecule is C[C@H]1N[C@H]1Cc1ccccc1. The molecule has 1 N–H and O–H groups in total. The Hall–Kier alpha value is -0.820. The maximum absolute atomic E-state index is 3.38. The van der Waals surface area contributed by atoms with Gasteiger partial charge in [-0.05, 0) is 18.9 Å². The minimum Gasteiger partial charge on any atom is -0.308 e. The Balaban J connectivity index is 1.97. The number of hydrogen-bond donors (Lipinski definition) is 1. The first kappa shape index (κ1) is 6.86. The Labute approximate surface area is 67.4 Å². The molecule has 1 nitrogen and oxygen atoms in total. The third-order valence-electron chi connectivity index (χ3n) is 2.27. The van der Waals surface area contributed by atoms with E-state index in [2.05, 4.69) is 42.6 Å². The molecule has 0 unspecified atom stereocenters. The summed E-state index contributed by atoms with van der Waals surface area (Å²) in [6.07, 6.45) is 1.18. The molecule has 0 bridgehead atoms. The highest BCUT2D eigenvalue weighted by Gasteiger charge is 2.30. The molecular formula is C10H13N. The summed E-state index contributed by atoms with van der Waals surface area (Å²) in [5, 5.41) is 3.38. The molecule has 2 rings (SSSR count). The van der Waals surface area contributed by atoms with Crippen LogP contribution in [-0.4, -0.2) is 12.1 Å². The molecule has 1 aliphatic rings. The van der Waals surface area contributed by atoms with Gasteiger partial charge in [0.1, 0.15) is 0 Å². The van der Waals surface area contributed by atoms with E-state index in [-0.39, 0.29) is 0 Å². The zero-order chi connectivity index (χ0) is 7.68. The highest BCUT2D eigenvalue weighted by molar-refractivity contribution is 5.18. The van der Waals surface area contributed by atoms with Crippen LogP contribution in [0, 0.1) is 0 Å². The van der Waals surface area contributed by atoms with Gasteiger partial charge in [0.15, 0.2) is 0 Å². The Kier molecular flexibility index (Phi) is 1.66. The fourth-order valence-electron chi connectivity index (χ4n) is 1.39. The zero-order valence-corrected chi connectivity index (χ0v) is 6.75. The van der Waals surface area contributed by atoms with Crippen molar-refractivity contribution in [2.45, 2.75) is 25.4 Å². The predicted molar refractivity (Wildman–Crippen MR) is 46.5 cm³/mol. The molecule has 1 heteroatoms. The quantitative estimate of drug-likeness (QED) is 0.630. The van der Waals surface area contributed by atoms with Gasteiger partial charge in [0.25, 0.3) is 0 Å². The summed E-state index contributed by atoms with van der Waals surface area (Å²) in [5.41, 5.74) is 1.44. The van der Waals surface area contributed by atoms with Crippen LogP contribution >= 0.6 is 0 Å². The molecule has 0 aliphatic carbocycles. The third kappa shape index (κ3) is 1.60. The summed E-state index contributed by atoms with van der Waals surface area (Å²) in [7, 11) is 0. The Morgan fingerprint density at radius 1 is 1.27 bits per heavy atom. The lowest BCUT2D eigenvalue weighted by Gasteiger charge is -1.95. The average Bonchev–Trinajstić information content (AvgIpc) is 2.69. The minimum atomic E-state index is 0.732. The molecule has 1 fully saturated rings. The van der Waals surface area contributed by atoms with E-state index in [1.165, 1.54) is 12.0 Å². The molecule has 0 aromatic heterocycles. The molecule has 58 valence electrons. The van der Waals surface area contributed by atoms with E-state index in [0.717, 1.165) is 12.1 Å². The fraction of sp³-hybridized carbons (Fsp3) is 0.400. The largest absolute Gasteiger partial charge is 0.308 e. The van der Waals surface area contributed by atoms with Crippen molar-refractivity contribution in [1.29, 1.82) is 0 Å². The summed E-state index contributed by atoms with van der Waals surface area (Å²) in [6.45, 7) is 2.23. The van der Waals surface area contributed by atoms with Crippen molar-refractivity contribution in [2.24, 2.45) is 0 Å². The predicted octanol–water partition coefficient (Wildman–Crippen LogP) is 1.59. The molecule has 1 aromatic carbocycles. The van der Waals surface area contributed by atoms with Gasteiger partial charge in [-0.2, -0.15) is 0 Å². The second kappa shape index (κ2) is 2.67. The second-order valence-electron chi connectivity index (χ2n) is 3.25. The molecule has 11 heavy (non-hydrogen) atoms. The van der Waals surface area contributed by atoms with Crippen LogP contribution in [0.5, 0.6) is 0 Å². The van der Waals surface area contributed by atoms with Gasteiger partial charge in [0.2, 0.25) is 0 Å². The molecule has 0 spiro atoms. The topological polar surface area (TPSA) is 21.9 Å². The zero-order valence-electron chi connectivity index (χ0n) is 6.75. The first-order valence-corrected chi connectivity index (χ1v) is 4.16. The van der Waals surface area contributed by atoms with Gasteiger partial charge < -0.3 is 5.32 Å². The van der Waals surface area contributed by atoms with Gasteiger partial charge in [-0.1, -0.05) is 30.3 Å². The van der Waals surface area contributed by atoms with Gasteiger partial charge >= 0.3 is 0 Å². The highest BCUT2D eigenvalue weighted by Crippen LogP contribution is 2.15. The first-order chi connectivity index (χ1) is 5.36. The number of benzene rings is 1. The van der Waals surface area contributed by atoms with E-state index in [1.54, 1.807) is 0 Å². The number of nitrogens with one attached hydrogen (secondary N) is 1. The molecule has 0 radical (unpaired) electrons. The van der Waals surface area contributed by atoms with Gasteiger partial charge in [-0.15, -0.1) is 0 Å². The second-order valence-corrected chi connectivity index (χ2v) is 3.25. The lowest BCUT2D eigenvalue weighted by atomic mass is 10.1. The first-order valence-electron chi connectivity index (χ1n) is 4.16. The van der Waals surface area contributed by atoms with E-state index in [0.29, 0.717) is 0 Å². The van der Waals surface area contributed by atoms with Gasteiger partial charge in [-0.25, -0.2) is 0 Å². The lowest BCUT2D eigenvalue weighted by molar-refractivity contribution is 0.905. The van der Waals surface area contributed by atoms with Gasteiger partial charge in [-0.3, -0.25) is 0 Å². The van der Waals surface area contributed by atoms with Crippen molar-refractivity contribution in [2.75, 3.05) is 0 Å². The number of hydrogen-bond acceptors (Lipinski definition) is 1. The standard InChI is InChI=1S/C10H13N/c1-8-10(11-8)7-9-5-3-2-4-6-9/h2-6,8,10-11H,7H2,1H3/t8-,10+/m1/s1. The van der Waals surface area contributed by atoms with Crippen molar-refractivity contribution < 1.29 is 0 Å². The minimum absolute atomic E-state index is 0.732. The maximum Gasteiger partial charge on any atom is 0.0262 e. The van der Waals surface area contributed by atoms with Crippen LogP contribution in [-0.2, 0) is 6.42 Å².